The van der Waals surface area contributed by atoms with Crippen LogP contribution in [-0.4, -0.2) is 84.4 Å². The molecule has 0 amide bonds. The number of nitro benzene ring substituents is 2. The molecule has 2 fully saturated rings. The van der Waals surface area contributed by atoms with Gasteiger partial charge in [-0.25, -0.2) is 0 Å². The normalized spacial score (nSPS) is 21.6. The van der Waals surface area contributed by atoms with Gasteiger partial charge in [-0.05, 0) is 31.3 Å². The van der Waals surface area contributed by atoms with Gasteiger partial charge in [-0.1, -0.05) is 0 Å². The van der Waals surface area contributed by atoms with Gasteiger partial charge in [0.2, 0.25) is 0 Å². The first-order valence-corrected chi connectivity index (χ1v) is 12.8. The maximum absolute atomic E-state index is 12.1. The van der Waals surface area contributed by atoms with Crippen LogP contribution >= 0.6 is 0 Å². The van der Waals surface area contributed by atoms with Crippen molar-refractivity contribution in [1.29, 1.82) is 0 Å². The Morgan fingerprint density at radius 1 is 0.923 bits per heavy atom. The minimum absolute atomic E-state index is 0.0746. The summed E-state index contributed by atoms with van der Waals surface area (Å²) in [6.45, 7) is 6.02. The molecule has 1 atom stereocenters. The van der Waals surface area contributed by atoms with Crippen molar-refractivity contribution in [1.82, 2.24) is 10.2 Å². The molecule has 15 nitrogen and oxygen atoms in total. The lowest BCUT2D eigenvalue weighted by atomic mass is 9.78. The van der Waals surface area contributed by atoms with Crippen LogP contribution in [0.5, 0.6) is 0 Å². The van der Waals surface area contributed by atoms with E-state index < -0.39 is 43.6 Å². The first kappa shape index (κ1) is 28.2. The van der Waals surface area contributed by atoms with E-state index in [0.29, 0.717) is 44.7 Å². The molecule has 0 aromatic heterocycles. The molecule has 1 aromatic carbocycles. The number of aliphatic hydroxyl groups excluding tert-OH is 1. The highest BCUT2D eigenvalue weighted by molar-refractivity contribution is 5.77. The van der Waals surface area contributed by atoms with E-state index in [1.165, 1.54) is 7.05 Å². The largest absolute Gasteiger partial charge is 0.490 e. The minimum Gasteiger partial charge on any atom is -0.490 e. The van der Waals surface area contributed by atoms with Crippen molar-refractivity contribution in [3.8, 4) is 0 Å². The summed E-state index contributed by atoms with van der Waals surface area (Å²) in [6, 6.07) is 1.97. The Balaban J connectivity index is 0.000000519. The maximum atomic E-state index is 12.1. The number of aliphatic hydroxyl groups is 1. The number of anilines is 1. The lowest BCUT2D eigenvalue weighted by Gasteiger charge is -2.38. The number of hydrogen-bond acceptors (Lipinski definition) is 12. The van der Waals surface area contributed by atoms with Gasteiger partial charge in [0.25, 0.3) is 17.3 Å². The lowest BCUT2D eigenvalue weighted by Crippen LogP contribution is -2.38. The molecule has 5 rings (SSSR count). The molecule has 3 heterocycles. The third-order valence-corrected chi connectivity index (χ3v) is 7.24. The summed E-state index contributed by atoms with van der Waals surface area (Å²) >= 11 is 0. The van der Waals surface area contributed by atoms with Crippen molar-refractivity contribution in [3.63, 3.8) is 0 Å². The molecule has 15 heteroatoms. The van der Waals surface area contributed by atoms with Gasteiger partial charge in [-0.15, -0.1) is 0 Å². The monoisotopic (exact) mass is 548 g/mol. The van der Waals surface area contributed by atoms with Crippen molar-refractivity contribution in [2.24, 2.45) is 0 Å². The summed E-state index contributed by atoms with van der Waals surface area (Å²) in [4.78, 5) is 36.3. The quantitative estimate of drug-likeness (QED) is 0.405. The van der Waals surface area contributed by atoms with Crippen molar-refractivity contribution < 1.29 is 29.4 Å². The molecule has 2 saturated heterocycles. The van der Waals surface area contributed by atoms with Crippen LogP contribution in [0.25, 0.3) is 0 Å². The fourth-order valence-corrected chi connectivity index (χ4v) is 5.48. The summed E-state index contributed by atoms with van der Waals surface area (Å²) in [6.07, 6.45) is 2.74. The van der Waals surface area contributed by atoms with Crippen LogP contribution in [0.3, 0.4) is 0 Å². The molecule has 1 aliphatic carbocycles. The summed E-state index contributed by atoms with van der Waals surface area (Å²) < 4.78 is 10.4. The summed E-state index contributed by atoms with van der Waals surface area (Å²) in [7, 11) is 1.27. The molecule has 2 N–H and O–H groups in total. The van der Waals surface area contributed by atoms with Crippen LogP contribution < -0.4 is 10.2 Å². The molecule has 0 bridgehead atoms. The molecule has 39 heavy (non-hydrogen) atoms. The average molecular weight is 549 g/mol. The molecule has 1 unspecified atom stereocenters. The summed E-state index contributed by atoms with van der Waals surface area (Å²) in [5.41, 5.74) is -0.139. The zero-order valence-corrected chi connectivity index (χ0v) is 21.7. The van der Waals surface area contributed by atoms with E-state index >= 15 is 0 Å². The first-order valence-electron chi connectivity index (χ1n) is 12.8. The predicted octanol–water partition coefficient (Wildman–Crippen LogP) is 2.81. The number of non-ortho nitro benzene ring substituents is 1. The number of nitrogens with zero attached hydrogens (tertiary/aromatic N) is 5. The van der Waals surface area contributed by atoms with Crippen LogP contribution in [0.4, 0.5) is 17.1 Å². The lowest BCUT2D eigenvalue weighted by molar-refractivity contribution is -0.432. The molecular weight excluding hydrogens is 516 g/mol. The second kappa shape index (κ2) is 12.4. The van der Waals surface area contributed by atoms with E-state index in [9.17, 15) is 35.4 Å². The van der Waals surface area contributed by atoms with Crippen LogP contribution in [0.15, 0.2) is 35.0 Å². The van der Waals surface area contributed by atoms with Gasteiger partial charge in [0, 0.05) is 50.6 Å². The molecule has 0 spiro atoms. The van der Waals surface area contributed by atoms with Gasteiger partial charge < -0.3 is 29.7 Å². The molecule has 0 radical (unpaired) electrons. The highest BCUT2D eigenvalue weighted by Gasteiger charge is 2.47. The Morgan fingerprint density at radius 2 is 1.56 bits per heavy atom. The summed E-state index contributed by atoms with van der Waals surface area (Å²) in [5, 5.41) is 49.4. The Kier molecular flexibility index (Phi) is 8.93. The third-order valence-electron chi connectivity index (χ3n) is 7.24. The van der Waals surface area contributed by atoms with Gasteiger partial charge in [0.15, 0.2) is 0 Å². The topological polar surface area (TPSA) is 187 Å². The molecule has 1 aromatic rings. The Bertz CT molecular complexity index is 1180. The molecule has 3 aliphatic heterocycles. The second-order valence-corrected chi connectivity index (χ2v) is 9.52. The van der Waals surface area contributed by atoms with E-state index in [0.717, 1.165) is 61.9 Å². The molecule has 4 aliphatic rings. The number of fused-ring (bicyclic) bond motifs is 1. The number of nitro groups is 3. The highest BCUT2D eigenvalue weighted by Crippen LogP contribution is 2.52. The summed E-state index contributed by atoms with van der Waals surface area (Å²) in [5.74, 6) is -1.86. The molecule has 0 saturated carbocycles. The van der Waals surface area contributed by atoms with Crippen molar-refractivity contribution in [2.75, 3.05) is 64.6 Å². The first-order chi connectivity index (χ1) is 18.7. The smallest absolute Gasteiger partial charge is 0.317 e. The van der Waals surface area contributed by atoms with E-state index in [-0.39, 0.29) is 11.3 Å². The van der Waals surface area contributed by atoms with E-state index in [1.54, 1.807) is 0 Å². The zero-order chi connectivity index (χ0) is 28.1. The van der Waals surface area contributed by atoms with Gasteiger partial charge in [-0.2, -0.15) is 0 Å². The number of ether oxygens (including phenoxy) is 2. The van der Waals surface area contributed by atoms with Gasteiger partial charge in [0.05, 0.1) is 47.3 Å². The zero-order valence-electron chi connectivity index (χ0n) is 21.7. The van der Waals surface area contributed by atoms with Crippen LogP contribution in [0.2, 0.25) is 0 Å². The van der Waals surface area contributed by atoms with Crippen LogP contribution in [-0.2, 0) is 9.47 Å². The fraction of sp³-hybridized carbons (Fsp3) is 0.583. The second-order valence-electron chi connectivity index (χ2n) is 9.52. The van der Waals surface area contributed by atoms with Gasteiger partial charge in [-0.3, -0.25) is 30.3 Å². The number of rotatable bonds is 5. The van der Waals surface area contributed by atoms with Gasteiger partial charge >= 0.3 is 5.70 Å². The SMILES string of the molecule is C1COCCN1.CN1C(O)=C([N+](=O)[O-])C(C2=C(N3CCOCC3)CCCC2)c2cc([N+](=O)[O-])cc([N+](=O)[O-])c21. The van der Waals surface area contributed by atoms with E-state index in [1.807, 2.05) is 0 Å². The van der Waals surface area contributed by atoms with Crippen LogP contribution in [0, 0.1) is 30.3 Å². The van der Waals surface area contributed by atoms with Crippen LogP contribution in [0.1, 0.15) is 37.2 Å². The maximum Gasteiger partial charge on any atom is 0.317 e. The van der Waals surface area contributed by atoms with E-state index in [2.05, 4.69) is 10.2 Å². The number of nitrogens with one attached hydrogen (secondary N) is 1. The number of allylic oxidation sites excluding steroid dienone is 2. The molecule has 212 valence electrons. The predicted molar refractivity (Wildman–Crippen MR) is 139 cm³/mol. The molecular formula is C24H32N6O9. The highest BCUT2D eigenvalue weighted by atomic mass is 16.6. The fourth-order valence-electron chi connectivity index (χ4n) is 5.48. The standard InChI is InChI=1S/C20H23N5O8.C4H9NO/c1-21-18-14(10-12(23(27)28)11-16(18)24(29)30)17(19(20(21)26)25(31)32)13-4-2-3-5-15(13)22-6-8-33-9-7-22;1-3-6-4-2-5-1/h10-11,17,26H,2-9H2,1H3;5H,1-4H2. The Labute approximate surface area is 224 Å². The average Bonchev–Trinajstić information content (AvgIpc) is 2.95. The minimum atomic E-state index is -1.15. The Hall–Kier alpha value is -3.82. The number of morpholine rings is 2. The van der Waals surface area contributed by atoms with E-state index in [4.69, 9.17) is 9.47 Å². The van der Waals surface area contributed by atoms with Crippen molar-refractivity contribution >= 4 is 17.1 Å². The van der Waals surface area contributed by atoms with Gasteiger partial charge in [0.1, 0.15) is 11.6 Å². The van der Waals surface area contributed by atoms with Crippen molar-refractivity contribution in [2.45, 2.75) is 31.6 Å². The Morgan fingerprint density at radius 3 is 2.10 bits per heavy atom. The number of hydrogen-bond donors (Lipinski definition) is 2. The third kappa shape index (κ3) is 5.94. The number of benzene rings is 1. The van der Waals surface area contributed by atoms with Crippen molar-refractivity contribution in [3.05, 3.63) is 70.9 Å².